The topological polar surface area (TPSA) is 58.9 Å². The predicted octanol–water partition coefficient (Wildman–Crippen LogP) is 4.42. The third-order valence-electron chi connectivity index (χ3n) is 4.36. The minimum atomic E-state index is -0.808. The molecule has 2 atom stereocenters. The minimum Gasteiger partial charge on any atom is -0.394 e. The molecular weight excluding hydrogens is 292 g/mol. The van der Waals surface area contributed by atoms with Gasteiger partial charge in [-0.1, -0.05) is 84.0 Å². The summed E-state index contributed by atoms with van der Waals surface area (Å²) in [4.78, 5) is 0. The molecule has 0 amide bonds. The summed E-state index contributed by atoms with van der Waals surface area (Å²) in [5.41, 5.74) is 0. The highest BCUT2D eigenvalue weighted by Gasteiger charge is 2.18. The summed E-state index contributed by atoms with van der Waals surface area (Å²) in [7, 11) is 1.56. The van der Waals surface area contributed by atoms with Gasteiger partial charge in [-0.15, -0.1) is 0 Å². The maximum Gasteiger partial charge on any atom is 0.146 e. The van der Waals surface area contributed by atoms with Gasteiger partial charge in [-0.25, -0.2) is 0 Å². The van der Waals surface area contributed by atoms with Gasteiger partial charge in [-0.3, -0.25) is 0 Å². The fourth-order valence-corrected chi connectivity index (χ4v) is 2.85. The zero-order valence-electron chi connectivity index (χ0n) is 15.5. The summed E-state index contributed by atoms with van der Waals surface area (Å²) in [5, 5.41) is 18.7. The van der Waals surface area contributed by atoms with Crippen molar-refractivity contribution >= 4 is 0 Å². The van der Waals surface area contributed by atoms with E-state index in [2.05, 4.69) is 6.92 Å². The molecule has 0 aliphatic rings. The van der Waals surface area contributed by atoms with E-state index in [0.29, 0.717) is 0 Å². The SMILES string of the molecule is CCCCCCCCCCCCCC[C@H](OCOC)[C@H](O)CO. The van der Waals surface area contributed by atoms with Crippen LogP contribution < -0.4 is 0 Å². The molecule has 0 saturated carbocycles. The van der Waals surface area contributed by atoms with E-state index in [4.69, 9.17) is 14.6 Å². The molecule has 0 aromatic heterocycles. The molecule has 0 rings (SSSR count). The standard InChI is InChI=1S/C19H40O4/c1-3-4-5-6-7-8-9-10-11-12-13-14-15-19(18(21)16-20)23-17-22-2/h18-21H,3-17H2,1-2H3/t18-,19+/m1/s1. The number of ether oxygens (including phenoxy) is 2. The number of aliphatic hydroxyl groups excluding tert-OH is 2. The van der Waals surface area contributed by atoms with Crippen LogP contribution in [0.1, 0.15) is 90.4 Å². The minimum absolute atomic E-state index is 0.167. The third-order valence-corrected chi connectivity index (χ3v) is 4.36. The number of hydrogen-bond acceptors (Lipinski definition) is 4. The summed E-state index contributed by atoms with van der Waals surface area (Å²) >= 11 is 0. The highest BCUT2D eigenvalue weighted by Crippen LogP contribution is 2.15. The van der Waals surface area contributed by atoms with Gasteiger partial charge in [-0.05, 0) is 6.42 Å². The first-order chi connectivity index (χ1) is 11.3. The molecule has 0 aliphatic carbocycles. The molecule has 0 bridgehead atoms. The lowest BCUT2D eigenvalue weighted by Gasteiger charge is -2.21. The van der Waals surface area contributed by atoms with Gasteiger partial charge in [0.25, 0.3) is 0 Å². The Hall–Kier alpha value is -0.160. The molecule has 0 aromatic rings. The van der Waals surface area contributed by atoms with Crippen molar-refractivity contribution < 1.29 is 19.7 Å². The van der Waals surface area contributed by atoms with Gasteiger partial charge in [0.2, 0.25) is 0 Å². The fourth-order valence-electron chi connectivity index (χ4n) is 2.85. The lowest BCUT2D eigenvalue weighted by Crippen LogP contribution is -2.32. The van der Waals surface area contributed by atoms with E-state index in [1.54, 1.807) is 7.11 Å². The van der Waals surface area contributed by atoms with E-state index >= 15 is 0 Å². The molecule has 0 saturated heterocycles. The van der Waals surface area contributed by atoms with Gasteiger partial charge in [0.05, 0.1) is 12.7 Å². The van der Waals surface area contributed by atoms with Crippen LogP contribution in [0.15, 0.2) is 0 Å². The lowest BCUT2D eigenvalue weighted by atomic mass is 10.0. The van der Waals surface area contributed by atoms with Crippen molar-refractivity contribution in [3.05, 3.63) is 0 Å². The van der Waals surface area contributed by atoms with Crippen molar-refractivity contribution in [3.8, 4) is 0 Å². The number of aliphatic hydroxyl groups is 2. The fraction of sp³-hybridized carbons (Fsp3) is 1.00. The Morgan fingerprint density at radius 2 is 1.26 bits per heavy atom. The Morgan fingerprint density at radius 1 is 0.783 bits per heavy atom. The first-order valence-electron chi connectivity index (χ1n) is 9.65. The molecule has 4 heteroatoms. The Labute approximate surface area is 143 Å². The second-order valence-corrected chi connectivity index (χ2v) is 6.54. The van der Waals surface area contributed by atoms with Gasteiger partial charge in [0.15, 0.2) is 0 Å². The number of methoxy groups -OCH3 is 1. The Balaban J connectivity index is 3.38. The monoisotopic (exact) mass is 332 g/mol. The molecule has 23 heavy (non-hydrogen) atoms. The highest BCUT2D eigenvalue weighted by molar-refractivity contribution is 4.68. The van der Waals surface area contributed by atoms with Gasteiger partial charge in [-0.2, -0.15) is 0 Å². The smallest absolute Gasteiger partial charge is 0.146 e. The summed E-state index contributed by atoms with van der Waals surface area (Å²) in [6, 6.07) is 0. The van der Waals surface area contributed by atoms with E-state index in [9.17, 15) is 5.11 Å². The summed E-state index contributed by atoms with van der Waals surface area (Å²) in [6.45, 7) is 2.17. The molecule has 0 unspecified atom stereocenters. The van der Waals surface area contributed by atoms with Crippen LogP contribution in [0.4, 0.5) is 0 Å². The maximum absolute atomic E-state index is 9.69. The number of rotatable bonds is 18. The molecule has 0 aromatic carbocycles. The van der Waals surface area contributed by atoms with Gasteiger partial charge in [0.1, 0.15) is 12.9 Å². The van der Waals surface area contributed by atoms with Crippen molar-refractivity contribution in [2.75, 3.05) is 20.5 Å². The molecule has 2 N–H and O–H groups in total. The summed E-state index contributed by atoms with van der Waals surface area (Å²) in [5.74, 6) is 0. The van der Waals surface area contributed by atoms with E-state index in [1.165, 1.54) is 70.6 Å². The maximum atomic E-state index is 9.69. The molecule has 0 spiro atoms. The van der Waals surface area contributed by atoms with Crippen molar-refractivity contribution in [1.82, 2.24) is 0 Å². The van der Waals surface area contributed by atoms with Gasteiger partial charge < -0.3 is 19.7 Å². The molecule has 0 aliphatic heterocycles. The normalized spacial score (nSPS) is 14.1. The van der Waals surface area contributed by atoms with Crippen LogP contribution in [0.25, 0.3) is 0 Å². The van der Waals surface area contributed by atoms with Crippen LogP contribution in [-0.2, 0) is 9.47 Å². The lowest BCUT2D eigenvalue weighted by molar-refractivity contribution is -0.123. The number of hydrogen-bond donors (Lipinski definition) is 2. The Morgan fingerprint density at radius 3 is 1.70 bits per heavy atom. The van der Waals surface area contributed by atoms with Crippen LogP contribution in [0, 0.1) is 0 Å². The Bertz CT molecular complexity index is 223. The first kappa shape index (κ1) is 22.8. The Kier molecular flexibility index (Phi) is 18.1. The zero-order valence-corrected chi connectivity index (χ0v) is 15.5. The zero-order chi connectivity index (χ0) is 17.2. The number of unbranched alkanes of at least 4 members (excludes halogenated alkanes) is 11. The largest absolute Gasteiger partial charge is 0.394 e. The van der Waals surface area contributed by atoms with Crippen molar-refractivity contribution in [2.45, 2.75) is 103 Å². The van der Waals surface area contributed by atoms with E-state index < -0.39 is 6.10 Å². The second kappa shape index (κ2) is 18.2. The quantitative estimate of drug-likeness (QED) is 0.288. The second-order valence-electron chi connectivity index (χ2n) is 6.54. The van der Waals surface area contributed by atoms with Gasteiger partial charge in [0, 0.05) is 7.11 Å². The highest BCUT2D eigenvalue weighted by atomic mass is 16.7. The van der Waals surface area contributed by atoms with Crippen LogP contribution in [0.5, 0.6) is 0 Å². The van der Waals surface area contributed by atoms with Crippen LogP contribution in [0.2, 0.25) is 0 Å². The third kappa shape index (κ3) is 15.1. The molecule has 0 radical (unpaired) electrons. The molecule has 140 valence electrons. The van der Waals surface area contributed by atoms with Crippen molar-refractivity contribution in [3.63, 3.8) is 0 Å². The van der Waals surface area contributed by atoms with E-state index in [-0.39, 0.29) is 19.5 Å². The van der Waals surface area contributed by atoms with Crippen LogP contribution >= 0.6 is 0 Å². The first-order valence-corrected chi connectivity index (χ1v) is 9.65. The van der Waals surface area contributed by atoms with Crippen molar-refractivity contribution in [1.29, 1.82) is 0 Å². The summed E-state index contributed by atoms with van der Waals surface area (Å²) in [6.07, 6.45) is 15.4. The van der Waals surface area contributed by atoms with E-state index in [1.807, 2.05) is 0 Å². The molecule has 0 fully saturated rings. The van der Waals surface area contributed by atoms with Crippen LogP contribution in [-0.4, -0.2) is 42.9 Å². The average molecular weight is 333 g/mol. The predicted molar refractivity (Wildman–Crippen MR) is 95.5 cm³/mol. The molecular formula is C19H40O4. The molecule has 0 heterocycles. The van der Waals surface area contributed by atoms with E-state index in [0.717, 1.165) is 12.8 Å². The van der Waals surface area contributed by atoms with Crippen molar-refractivity contribution in [2.24, 2.45) is 0 Å². The summed E-state index contributed by atoms with van der Waals surface area (Å²) < 4.78 is 10.3. The van der Waals surface area contributed by atoms with Crippen LogP contribution in [0.3, 0.4) is 0 Å². The van der Waals surface area contributed by atoms with Gasteiger partial charge >= 0.3 is 0 Å². The molecule has 4 nitrogen and oxygen atoms in total. The average Bonchev–Trinajstić information content (AvgIpc) is 2.57.